The first-order valence-corrected chi connectivity index (χ1v) is 21.5. The molecule has 0 N–H and O–H groups in total. The van der Waals surface area contributed by atoms with Crippen LogP contribution in [0.4, 0.5) is 0 Å². The van der Waals surface area contributed by atoms with Gasteiger partial charge in [-0.25, -0.2) is 4.79 Å². The monoisotopic (exact) mass is 764 g/mol. The highest BCUT2D eigenvalue weighted by atomic mass is 127. The van der Waals surface area contributed by atoms with Crippen LogP contribution in [0.2, 0.25) is 36.3 Å². The Morgan fingerprint density at radius 2 is 1.73 bits per heavy atom. The first-order chi connectivity index (χ1) is 18.2. The molecule has 9 heteroatoms. The molecule has 226 valence electrons. The lowest BCUT2D eigenvalue weighted by molar-refractivity contribution is -0.136. The Hall–Kier alpha value is -0.646. The van der Waals surface area contributed by atoms with Gasteiger partial charge >= 0.3 is 5.97 Å². The van der Waals surface area contributed by atoms with Crippen LogP contribution in [-0.2, 0) is 18.4 Å². The van der Waals surface area contributed by atoms with Crippen LogP contribution in [0.15, 0.2) is 32.7 Å². The highest BCUT2D eigenvalue weighted by molar-refractivity contribution is 14.1. The minimum absolute atomic E-state index is 0.0108. The second kappa shape index (κ2) is 15.2. The molecule has 1 rings (SSSR count). The van der Waals surface area contributed by atoms with Gasteiger partial charge in [-0.3, -0.25) is 0 Å². The molecule has 0 aromatic carbocycles. The number of furan rings is 1. The van der Waals surface area contributed by atoms with Crippen molar-refractivity contribution in [1.29, 1.82) is 0 Å². The maximum Gasteiger partial charge on any atom is 0.333 e. The molecule has 0 saturated carbocycles. The molecule has 0 aliphatic rings. The molecule has 1 aromatic heterocycles. The Kier molecular flexibility index (Phi) is 14.2. The fourth-order valence-electron chi connectivity index (χ4n) is 3.58. The Morgan fingerprint density at radius 3 is 2.20 bits per heavy atom. The maximum atomic E-state index is 12.7. The van der Waals surface area contributed by atoms with Crippen LogP contribution < -0.4 is 0 Å². The average molecular weight is 766 g/mol. The Morgan fingerprint density at radius 1 is 1.15 bits per heavy atom. The normalized spacial score (nSPS) is 14.8. The summed E-state index contributed by atoms with van der Waals surface area (Å²) >= 11 is 5.81. The van der Waals surface area contributed by atoms with E-state index in [4.69, 9.17) is 18.0 Å². The van der Waals surface area contributed by atoms with Crippen molar-refractivity contribution >= 4 is 67.2 Å². The standard InChI is InChI=1S/C31H50BrIO5Si2/c1-22(2)25(16-14-15-18-33)27(38-40(12,13)31(6,7)8)28-26(32)21-24(37-28)20-23(29(34)35-9)17-19-36-39(10,11)30(3,4)5/h20-21,25,27H,1,14,16-17,19H2,2-13H3/b23-20+/t25-,27+/m0/s1. The quantitative estimate of drug-likeness (QED) is 0.0500. The maximum absolute atomic E-state index is 12.7. The van der Waals surface area contributed by atoms with Crippen LogP contribution in [0.5, 0.6) is 0 Å². The number of ether oxygens (including phenoxy) is 1. The largest absolute Gasteiger partial charge is 0.466 e. The van der Waals surface area contributed by atoms with Gasteiger partial charge in [-0.2, -0.15) is 0 Å². The number of carbonyl (C=O) groups is 1. The molecule has 0 bridgehead atoms. The number of esters is 1. The lowest BCUT2D eigenvalue weighted by Gasteiger charge is -2.41. The number of halogens is 2. The summed E-state index contributed by atoms with van der Waals surface area (Å²) in [5, 5.41) is 0.0983. The zero-order chi connectivity index (χ0) is 31.1. The van der Waals surface area contributed by atoms with Gasteiger partial charge < -0.3 is 18.0 Å². The van der Waals surface area contributed by atoms with E-state index in [9.17, 15) is 4.79 Å². The molecule has 0 spiro atoms. The third-order valence-corrected chi connectivity index (χ3v) is 18.3. The predicted molar refractivity (Wildman–Crippen MR) is 185 cm³/mol. The van der Waals surface area contributed by atoms with Crippen molar-refractivity contribution in [2.75, 3.05) is 13.7 Å². The first kappa shape index (κ1) is 37.4. The lowest BCUT2D eigenvalue weighted by Crippen LogP contribution is -2.43. The van der Waals surface area contributed by atoms with E-state index < -0.39 is 16.6 Å². The van der Waals surface area contributed by atoms with Crippen molar-refractivity contribution in [3.05, 3.63) is 39.8 Å². The molecule has 1 heterocycles. The van der Waals surface area contributed by atoms with E-state index in [0.717, 1.165) is 22.9 Å². The summed E-state index contributed by atoms with van der Waals surface area (Å²) in [4.78, 5) is 12.7. The van der Waals surface area contributed by atoms with Gasteiger partial charge in [0.1, 0.15) is 17.6 Å². The molecule has 5 nitrogen and oxygen atoms in total. The van der Waals surface area contributed by atoms with Crippen molar-refractivity contribution in [1.82, 2.24) is 0 Å². The van der Waals surface area contributed by atoms with Crippen molar-refractivity contribution in [3.63, 3.8) is 0 Å². The summed E-state index contributed by atoms with van der Waals surface area (Å²) in [6.07, 6.45) is 3.40. The van der Waals surface area contributed by atoms with E-state index >= 15 is 0 Å². The van der Waals surface area contributed by atoms with Crippen molar-refractivity contribution < 1.29 is 22.8 Å². The summed E-state index contributed by atoms with van der Waals surface area (Å²) in [5.41, 5.74) is 1.53. The van der Waals surface area contributed by atoms with Gasteiger partial charge in [0.15, 0.2) is 16.6 Å². The fourth-order valence-corrected chi connectivity index (χ4v) is 6.69. The van der Waals surface area contributed by atoms with Gasteiger partial charge in [-0.1, -0.05) is 59.6 Å². The van der Waals surface area contributed by atoms with E-state index in [1.807, 2.05) is 13.0 Å². The molecule has 0 saturated heterocycles. The molecule has 0 aliphatic carbocycles. The molecular weight excluding hydrogens is 715 g/mol. The number of hydrogen-bond donors (Lipinski definition) is 0. The zero-order valence-electron chi connectivity index (χ0n) is 26.6. The molecule has 0 aliphatic heterocycles. The fraction of sp³-hybridized carbons (Fsp3) is 0.645. The van der Waals surface area contributed by atoms with Gasteiger partial charge in [-0.15, -0.1) is 0 Å². The van der Waals surface area contributed by atoms with E-state index in [1.54, 1.807) is 6.08 Å². The second-order valence-corrected chi connectivity index (χ2v) is 24.4. The Balaban J connectivity index is 3.50. The van der Waals surface area contributed by atoms with E-state index in [1.165, 1.54) is 7.11 Å². The average Bonchev–Trinajstić information content (AvgIpc) is 3.17. The van der Waals surface area contributed by atoms with Crippen molar-refractivity contribution in [3.8, 4) is 9.85 Å². The van der Waals surface area contributed by atoms with E-state index in [-0.39, 0.29) is 28.1 Å². The predicted octanol–water partition coefficient (Wildman–Crippen LogP) is 10.4. The van der Waals surface area contributed by atoms with Crippen LogP contribution in [-0.4, -0.2) is 36.3 Å². The highest BCUT2D eigenvalue weighted by Crippen LogP contribution is 2.46. The molecule has 1 aromatic rings. The number of carbonyl (C=O) groups excluding carboxylic acids is 1. The summed E-state index contributed by atoms with van der Waals surface area (Å²) < 4.78 is 28.7. The second-order valence-electron chi connectivity index (χ2n) is 13.4. The van der Waals surface area contributed by atoms with Gasteiger partial charge in [0, 0.05) is 53.5 Å². The van der Waals surface area contributed by atoms with Gasteiger partial charge in [0.2, 0.25) is 0 Å². The number of methoxy groups -OCH3 is 1. The molecule has 40 heavy (non-hydrogen) atoms. The highest BCUT2D eigenvalue weighted by Gasteiger charge is 2.43. The van der Waals surface area contributed by atoms with Gasteiger partial charge in [0.05, 0.1) is 11.6 Å². The molecule has 0 amide bonds. The molecule has 0 radical (unpaired) electrons. The van der Waals surface area contributed by atoms with Crippen LogP contribution in [0.25, 0.3) is 6.08 Å². The SMILES string of the molecule is C=C(C)[C@H](CCC#CI)[C@@H](O[Si](C)(C)C(C)(C)C)c1oc(/C=C(\CCO[Si](C)(C)C(C)(C)C)C(=O)OC)cc1Br. The smallest absolute Gasteiger partial charge is 0.333 e. The first-order valence-electron chi connectivity index (χ1n) is 13.8. The number of rotatable bonds is 13. The molecule has 0 fully saturated rings. The summed E-state index contributed by atoms with van der Waals surface area (Å²) in [6.45, 7) is 29.0. The Labute approximate surface area is 267 Å². The third kappa shape index (κ3) is 10.6. The lowest BCUT2D eigenvalue weighted by atomic mass is 9.89. The Bertz CT molecular complexity index is 1110. The molecule has 0 unspecified atom stereocenters. The minimum Gasteiger partial charge on any atom is -0.466 e. The van der Waals surface area contributed by atoms with Crippen LogP contribution >= 0.6 is 38.5 Å². The minimum atomic E-state index is -2.19. The van der Waals surface area contributed by atoms with Crippen LogP contribution in [0, 0.1) is 15.8 Å². The molecular formula is C31H50BrIO5Si2. The summed E-state index contributed by atoms with van der Waals surface area (Å²) in [5.74, 6) is 4.07. The van der Waals surface area contributed by atoms with E-state index in [0.29, 0.717) is 30.1 Å². The number of hydrogen-bond acceptors (Lipinski definition) is 5. The van der Waals surface area contributed by atoms with Gasteiger partial charge in [0.25, 0.3) is 0 Å². The third-order valence-electron chi connectivity index (χ3n) is 8.27. The topological polar surface area (TPSA) is 57.9 Å². The van der Waals surface area contributed by atoms with E-state index in [2.05, 4.69) is 123 Å². The summed E-state index contributed by atoms with van der Waals surface area (Å²) in [7, 11) is -2.74. The van der Waals surface area contributed by atoms with Gasteiger partial charge in [-0.05, 0) is 81.6 Å². The van der Waals surface area contributed by atoms with Crippen molar-refractivity contribution in [2.45, 2.75) is 110 Å². The summed E-state index contributed by atoms with van der Waals surface area (Å²) in [6, 6.07) is 1.90. The van der Waals surface area contributed by atoms with Crippen LogP contribution in [0.1, 0.15) is 85.4 Å². The molecule has 2 atom stereocenters. The van der Waals surface area contributed by atoms with Crippen LogP contribution in [0.3, 0.4) is 0 Å². The van der Waals surface area contributed by atoms with Crippen molar-refractivity contribution in [2.24, 2.45) is 5.92 Å². The zero-order valence-corrected chi connectivity index (χ0v) is 32.4.